The van der Waals surface area contributed by atoms with Crippen LogP contribution in [-0.4, -0.2) is 166 Å². The zero-order chi connectivity index (χ0) is 49.6. The lowest BCUT2D eigenvalue weighted by Gasteiger charge is -2.50. The lowest BCUT2D eigenvalue weighted by molar-refractivity contribution is -0.319. The van der Waals surface area contributed by atoms with Crippen molar-refractivity contribution in [1.29, 1.82) is 0 Å². The van der Waals surface area contributed by atoms with Crippen molar-refractivity contribution in [2.75, 3.05) is 34.9 Å². The summed E-state index contributed by atoms with van der Waals surface area (Å²) in [6.07, 6.45) is 0.465. The zero-order valence-corrected chi connectivity index (χ0v) is 42.5. The van der Waals surface area contributed by atoms with Crippen LogP contribution in [0.5, 0.6) is 0 Å². The number of ether oxygens (including phenoxy) is 8. The monoisotopic (exact) mass is 947 g/mol. The van der Waals surface area contributed by atoms with Crippen LogP contribution in [0.2, 0.25) is 0 Å². The van der Waals surface area contributed by atoms with Crippen molar-refractivity contribution < 1.29 is 62.8 Å². The molecule has 2 aromatic heterocycles. The molecule has 17 nitrogen and oxygen atoms in total. The number of Topliss-reactive ketones (excluding diaryl/α,β-unsaturated/α-hetero) is 1. The van der Waals surface area contributed by atoms with Crippen molar-refractivity contribution in [2.45, 2.75) is 199 Å². The van der Waals surface area contributed by atoms with E-state index >= 15 is 0 Å². The molecule has 0 spiro atoms. The second-order valence-corrected chi connectivity index (χ2v) is 20.4. The number of hydrogen-bond acceptors (Lipinski definition) is 16. The number of nitrogens with zero attached hydrogens (tertiary/aromatic N) is 4. The number of aromatic nitrogens is 3. The number of pyridine rings is 1. The highest BCUT2D eigenvalue weighted by atomic mass is 16.7. The molecule has 0 amide bonds. The maximum atomic E-state index is 14.8. The van der Waals surface area contributed by atoms with E-state index in [9.17, 15) is 24.9 Å². The molecule has 3 saturated heterocycles. The number of imidazole rings is 1. The van der Waals surface area contributed by atoms with Gasteiger partial charge in [-0.2, -0.15) is 0 Å². The third kappa shape index (κ3) is 12.7. The number of aliphatic hydroxyl groups is 3. The summed E-state index contributed by atoms with van der Waals surface area (Å²) in [6.45, 7) is 18.7. The van der Waals surface area contributed by atoms with E-state index in [0.29, 0.717) is 19.4 Å². The maximum Gasteiger partial charge on any atom is 0.311 e. The molecule has 3 fully saturated rings. The number of hydrogen-bond donors (Lipinski definition) is 3. The Hall–Kier alpha value is -2.94. The van der Waals surface area contributed by atoms with Crippen molar-refractivity contribution in [3.05, 3.63) is 37.1 Å². The molecule has 3 N–H and O–H groups in total. The second kappa shape index (κ2) is 23.3. The minimum atomic E-state index is -1.81. The SMILES string of the molecule is CC[C@@H]1OC(=O)[C@H](C)[C@@H](O[C@H]2C[C@@](C)(OC)[C@@H](O)[C@H](C)O2)[C@H](C)[C@@H](OC2O[C@H](C)C[C@H](N(C)C)[C@H]2O)[C@@](C)(OC)C[C@@H](C)C(=O)[C@@H](C)[C@@H](OCCCCn2cnc(-c3cccnc3)c2)[C@]1(C)O. The van der Waals surface area contributed by atoms with Gasteiger partial charge in [-0.25, -0.2) is 4.98 Å². The van der Waals surface area contributed by atoms with Gasteiger partial charge in [0.15, 0.2) is 12.6 Å². The van der Waals surface area contributed by atoms with Crippen LogP contribution in [0.15, 0.2) is 37.1 Å². The Kier molecular flexibility index (Phi) is 19.1. The molecular formula is C50H82N4O13. The fourth-order valence-electron chi connectivity index (χ4n) is 10.6. The number of likely N-dealkylation sites (N-methyl/N-ethyl adjacent to an activating group) is 1. The van der Waals surface area contributed by atoms with Gasteiger partial charge in [0.2, 0.25) is 0 Å². The summed E-state index contributed by atoms with van der Waals surface area (Å²) in [4.78, 5) is 40.2. The summed E-state index contributed by atoms with van der Waals surface area (Å²) < 4.78 is 53.6. The highest BCUT2D eigenvalue weighted by Gasteiger charge is 2.54. The van der Waals surface area contributed by atoms with Crippen LogP contribution >= 0.6 is 0 Å². The van der Waals surface area contributed by atoms with Gasteiger partial charge in [0.1, 0.15) is 29.7 Å². The molecule has 67 heavy (non-hydrogen) atoms. The number of carbonyl (C=O) groups is 2. The number of esters is 1. The fourth-order valence-corrected chi connectivity index (χ4v) is 10.6. The predicted molar refractivity (Wildman–Crippen MR) is 249 cm³/mol. The third-order valence-electron chi connectivity index (χ3n) is 14.9. The van der Waals surface area contributed by atoms with Crippen LogP contribution in [-0.2, 0) is 54.0 Å². The number of methoxy groups -OCH3 is 2. The van der Waals surface area contributed by atoms with E-state index in [1.165, 1.54) is 7.11 Å². The molecule has 5 rings (SSSR count). The minimum Gasteiger partial charge on any atom is -0.459 e. The van der Waals surface area contributed by atoms with Crippen LogP contribution in [0.1, 0.15) is 108 Å². The molecule has 3 aliphatic rings. The first-order chi connectivity index (χ1) is 31.5. The average Bonchev–Trinajstić information content (AvgIpc) is 3.78. The Balaban J connectivity index is 1.50. The van der Waals surface area contributed by atoms with Gasteiger partial charge in [0, 0.05) is 81.7 Å². The van der Waals surface area contributed by atoms with Gasteiger partial charge in [-0.05, 0) is 99.9 Å². The van der Waals surface area contributed by atoms with E-state index in [1.807, 2.05) is 76.5 Å². The number of unbranched alkanes of at least 4 members (excludes halogenated alkanes) is 1. The summed E-state index contributed by atoms with van der Waals surface area (Å²) in [7, 11) is 6.86. The van der Waals surface area contributed by atoms with Gasteiger partial charge in [-0.3, -0.25) is 14.6 Å². The van der Waals surface area contributed by atoms with Crippen molar-refractivity contribution in [3.63, 3.8) is 0 Å². The molecule has 5 heterocycles. The number of ketones is 1. The molecule has 0 saturated carbocycles. The van der Waals surface area contributed by atoms with E-state index in [2.05, 4.69) is 9.97 Å². The van der Waals surface area contributed by atoms with Gasteiger partial charge in [0.25, 0.3) is 0 Å². The molecule has 3 aliphatic heterocycles. The number of carbonyl (C=O) groups excluding carboxylic acids is 2. The molecule has 2 aromatic rings. The van der Waals surface area contributed by atoms with Gasteiger partial charge < -0.3 is 62.7 Å². The average molecular weight is 947 g/mol. The first-order valence-electron chi connectivity index (χ1n) is 24.3. The maximum absolute atomic E-state index is 14.8. The quantitative estimate of drug-likeness (QED) is 0.155. The van der Waals surface area contributed by atoms with Gasteiger partial charge in [-0.15, -0.1) is 0 Å². The smallest absolute Gasteiger partial charge is 0.311 e. The van der Waals surface area contributed by atoms with Crippen LogP contribution in [0.4, 0.5) is 0 Å². The van der Waals surface area contributed by atoms with Crippen LogP contribution in [0.25, 0.3) is 11.3 Å². The highest BCUT2D eigenvalue weighted by Crippen LogP contribution is 2.42. The first-order valence-corrected chi connectivity index (χ1v) is 24.3. The molecule has 18 atom stereocenters. The van der Waals surface area contributed by atoms with Gasteiger partial charge in [-0.1, -0.05) is 27.7 Å². The highest BCUT2D eigenvalue weighted by molar-refractivity contribution is 5.83. The van der Waals surface area contributed by atoms with E-state index in [-0.39, 0.29) is 43.8 Å². The Morgan fingerprint density at radius 2 is 1.63 bits per heavy atom. The Morgan fingerprint density at radius 3 is 2.25 bits per heavy atom. The lowest BCUT2D eigenvalue weighted by Crippen LogP contribution is -2.61. The van der Waals surface area contributed by atoms with Crippen LogP contribution in [0, 0.1) is 23.7 Å². The van der Waals surface area contributed by atoms with E-state index in [4.69, 9.17) is 37.9 Å². The summed E-state index contributed by atoms with van der Waals surface area (Å²) in [6, 6.07) is 3.54. The molecular weight excluding hydrogens is 865 g/mol. The Bertz CT molecular complexity index is 1870. The largest absolute Gasteiger partial charge is 0.459 e. The molecule has 380 valence electrons. The first kappa shape index (κ1) is 55.0. The third-order valence-corrected chi connectivity index (χ3v) is 14.9. The molecule has 0 radical (unpaired) electrons. The number of cyclic esters (lactones) is 1. The zero-order valence-electron chi connectivity index (χ0n) is 42.5. The molecule has 0 bridgehead atoms. The number of aryl methyl sites for hydroxylation is 1. The molecule has 0 aromatic carbocycles. The minimum absolute atomic E-state index is 0.128. The van der Waals surface area contributed by atoms with Crippen LogP contribution < -0.4 is 0 Å². The number of rotatable bonds is 15. The van der Waals surface area contributed by atoms with E-state index < -0.39 is 102 Å². The predicted octanol–water partition coefficient (Wildman–Crippen LogP) is 5.20. The standard InChI is InChI=1S/C50H82N4O13/c1-15-38-50(10,59)45(62-22-17-16-21-54-27-36(52-28-54)35-19-18-20-51-26-35)31(4)40(55)29(2)24-49(9,61-14)44(67-47-41(56)37(53(11)12)23-30(3)63-47)32(5)42(33(6)46(58)65-38)66-39-25-48(8,60-13)43(57)34(7)64-39/h18-20,26-34,37-39,41-45,47,56-57,59H,15-17,21-25H2,1-14H3/t29-,30-,31-,32+,33-,34+,37+,38+,39+,41-,42+,43+,44-,45-,47?,48-,49+,50-/m1/s1. The summed E-state index contributed by atoms with van der Waals surface area (Å²) in [5.41, 5.74) is -2.36. The Labute approximate surface area is 398 Å². The van der Waals surface area contributed by atoms with Crippen molar-refractivity contribution in [2.24, 2.45) is 23.7 Å². The molecule has 1 unspecified atom stereocenters. The summed E-state index contributed by atoms with van der Waals surface area (Å²) >= 11 is 0. The second-order valence-electron chi connectivity index (χ2n) is 20.4. The lowest BCUT2D eigenvalue weighted by atomic mass is 9.73. The summed E-state index contributed by atoms with van der Waals surface area (Å²) in [5, 5.41) is 35.5. The van der Waals surface area contributed by atoms with Crippen LogP contribution in [0.3, 0.4) is 0 Å². The number of aliphatic hydroxyl groups excluding tert-OH is 2. The Morgan fingerprint density at radius 1 is 0.925 bits per heavy atom. The topological polar surface area (TPSA) is 203 Å². The molecule has 17 heteroatoms. The van der Waals surface area contributed by atoms with Crippen molar-refractivity contribution >= 4 is 11.8 Å². The summed E-state index contributed by atoms with van der Waals surface area (Å²) in [5.74, 6) is -4.07. The van der Waals surface area contributed by atoms with Gasteiger partial charge >= 0.3 is 5.97 Å². The van der Waals surface area contributed by atoms with Crippen molar-refractivity contribution in [1.82, 2.24) is 19.4 Å². The molecule has 0 aliphatic carbocycles. The van der Waals surface area contributed by atoms with Crippen molar-refractivity contribution in [3.8, 4) is 11.3 Å². The normalized spacial score (nSPS) is 40.7. The van der Waals surface area contributed by atoms with Gasteiger partial charge in [0.05, 0.1) is 59.7 Å². The van der Waals surface area contributed by atoms with E-state index in [1.54, 1.807) is 60.4 Å². The van der Waals surface area contributed by atoms with E-state index in [0.717, 1.165) is 17.7 Å². The fraction of sp³-hybridized carbons (Fsp3) is 0.800.